The standard InChI is InChI=1S/C21H18N4O8S/c1-13-6-7-15(11-19(13)25(29)30)22-21(26)14-4-3-5-17(10-14)34(31,32)23-18-12-16(24(27)28)8-9-20(18)33-2/h3-12,23H,1-2H3,(H,22,26). The van der Waals surface area contributed by atoms with Crippen molar-refractivity contribution in [1.82, 2.24) is 0 Å². The molecule has 34 heavy (non-hydrogen) atoms. The molecule has 0 aliphatic rings. The van der Waals surface area contributed by atoms with E-state index in [1.165, 1.54) is 49.6 Å². The number of benzene rings is 3. The van der Waals surface area contributed by atoms with E-state index in [9.17, 15) is 33.4 Å². The number of nitro groups is 2. The molecule has 13 heteroatoms. The molecule has 3 aromatic rings. The molecule has 3 aromatic carbocycles. The number of amides is 1. The zero-order valence-electron chi connectivity index (χ0n) is 17.8. The molecule has 176 valence electrons. The van der Waals surface area contributed by atoms with Gasteiger partial charge in [0.1, 0.15) is 5.75 Å². The number of nitro benzene ring substituents is 2. The molecule has 1 amide bonds. The number of methoxy groups -OCH3 is 1. The first-order valence-electron chi connectivity index (χ1n) is 9.53. The van der Waals surface area contributed by atoms with E-state index < -0.39 is 25.8 Å². The van der Waals surface area contributed by atoms with Gasteiger partial charge in [0.15, 0.2) is 0 Å². The molecule has 0 atom stereocenters. The van der Waals surface area contributed by atoms with Crippen molar-refractivity contribution in [2.75, 3.05) is 17.1 Å². The van der Waals surface area contributed by atoms with Gasteiger partial charge in [-0.2, -0.15) is 0 Å². The van der Waals surface area contributed by atoms with Gasteiger partial charge in [-0.25, -0.2) is 8.42 Å². The Morgan fingerprint density at radius 2 is 1.71 bits per heavy atom. The molecule has 2 N–H and O–H groups in total. The molecule has 12 nitrogen and oxygen atoms in total. The monoisotopic (exact) mass is 486 g/mol. The van der Waals surface area contributed by atoms with Crippen LogP contribution in [0.15, 0.2) is 65.6 Å². The molecule has 0 aromatic heterocycles. The molecule has 3 rings (SSSR count). The average Bonchev–Trinajstić information content (AvgIpc) is 2.79. The molecule has 0 saturated carbocycles. The summed E-state index contributed by atoms with van der Waals surface area (Å²) in [5.41, 5.74) is -0.132. The summed E-state index contributed by atoms with van der Waals surface area (Å²) in [6.07, 6.45) is 0. The second-order valence-electron chi connectivity index (χ2n) is 6.99. The van der Waals surface area contributed by atoms with Gasteiger partial charge in [0, 0.05) is 35.0 Å². The van der Waals surface area contributed by atoms with E-state index in [1.807, 2.05) is 0 Å². The maximum Gasteiger partial charge on any atom is 0.274 e. The van der Waals surface area contributed by atoms with Gasteiger partial charge < -0.3 is 10.1 Å². The Hall–Kier alpha value is -4.52. The third-order valence-electron chi connectivity index (χ3n) is 4.71. The van der Waals surface area contributed by atoms with Crippen LogP contribution in [0.2, 0.25) is 0 Å². The van der Waals surface area contributed by atoms with Crippen LogP contribution in [0.5, 0.6) is 5.75 Å². The third-order valence-corrected chi connectivity index (χ3v) is 6.07. The highest BCUT2D eigenvalue weighted by Crippen LogP contribution is 2.31. The lowest BCUT2D eigenvalue weighted by molar-refractivity contribution is -0.385. The maximum atomic E-state index is 12.9. The van der Waals surface area contributed by atoms with E-state index in [4.69, 9.17) is 4.74 Å². The van der Waals surface area contributed by atoms with Crippen LogP contribution in [0.1, 0.15) is 15.9 Å². The van der Waals surface area contributed by atoms with Crippen LogP contribution >= 0.6 is 0 Å². The third kappa shape index (κ3) is 5.27. The average molecular weight is 486 g/mol. The highest BCUT2D eigenvalue weighted by molar-refractivity contribution is 7.92. The van der Waals surface area contributed by atoms with Crippen molar-refractivity contribution in [2.24, 2.45) is 0 Å². The number of hydrogen-bond donors (Lipinski definition) is 2. The van der Waals surface area contributed by atoms with Gasteiger partial charge in [-0.05, 0) is 37.3 Å². The SMILES string of the molecule is COc1ccc([N+](=O)[O-])cc1NS(=O)(=O)c1cccc(C(=O)Nc2ccc(C)c([N+](=O)[O-])c2)c1. The van der Waals surface area contributed by atoms with E-state index >= 15 is 0 Å². The van der Waals surface area contributed by atoms with E-state index in [2.05, 4.69) is 10.0 Å². The van der Waals surface area contributed by atoms with Gasteiger partial charge in [0.2, 0.25) is 0 Å². The fraction of sp³-hybridized carbons (Fsp3) is 0.0952. The number of hydrogen-bond acceptors (Lipinski definition) is 8. The molecule has 0 aliphatic heterocycles. The normalized spacial score (nSPS) is 10.9. The highest BCUT2D eigenvalue weighted by Gasteiger charge is 2.21. The Bertz CT molecular complexity index is 1410. The summed E-state index contributed by atoms with van der Waals surface area (Å²) in [5.74, 6) is -0.632. The lowest BCUT2D eigenvalue weighted by Crippen LogP contribution is -2.16. The summed E-state index contributed by atoms with van der Waals surface area (Å²) < 4.78 is 33.1. The van der Waals surface area contributed by atoms with Gasteiger partial charge in [-0.15, -0.1) is 0 Å². The number of carbonyl (C=O) groups is 1. The number of non-ortho nitro benzene ring substituents is 1. The number of carbonyl (C=O) groups excluding carboxylic acids is 1. The summed E-state index contributed by atoms with van der Waals surface area (Å²) >= 11 is 0. The van der Waals surface area contributed by atoms with Gasteiger partial charge >= 0.3 is 0 Å². The topological polar surface area (TPSA) is 171 Å². The van der Waals surface area contributed by atoms with Crippen LogP contribution in [-0.2, 0) is 10.0 Å². The Kier molecular flexibility index (Phi) is 6.77. The summed E-state index contributed by atoms with van der Waals surface area (Å²) in [6.45, 7) is 1.56. The summed E-state index contributed by atoms with van der Waals surface area (Å²) in [4.78, 5) is 33.3. The van der Waals surface area contributed by atoms with Crippen LogP contribution in [0.25, 0.3) is 0 Å². The smallest absolute Gasteiger partial charge is 0.274 e. The van der Waals surface area contributed by atoms with E-state index in [0.29, 0.717) is 5.56 Å². The molecule has 0 fully saturated rings. The minimum Gasteiger partial charge on any atom is -0.495 e. The van der Waals surface area contributed by atoms with Crippen molar-refractivity contribution in [3.8, 4) is 5.75 Å². The number of ether oxygens (including phenoxy) is 1. The molecule has 0 spiro atoms. The predicted molar refractivity (Wildman–Crippen MR) is 123 cm³/mol. The maximum absolute atomic E-state index is 12.9. The van der Waals surface area contributed by atoms with Crippen molar-refractivity contribution in [2.45, 2.75) is 11.8 Å². The Labute approximate surface area is 193 Å². The Morgan fingerprint density at radius 3 is 2.35 bits per heavy atom. The predicted octanol–water partition coefficient (Wildman–Crippen LogP) is 3.87. The molecule has 0 bridgehead atoms. The van der Waals surface area contributed by atoms with Crippen LogP contribution in [0, 0.1) is 27.2 Å². The molecule has 0 unspecified atom stereocenters. The van der Waals surface area contributed by atoms with Crippen LogP contribution < -0.4 is 14.8 Å². The first-order valence-corrected chi connectivity index (χ1v) is 11.0. The van der Waals surface area contributed by atoms with Crippen LogP contribution in [0.4, 0.5) is 22.7 Å². The zero-order chi connectivity index (χ0) is 25.0. The van der Waals surface area contributed by atoms with E-state index in [-0.39, 0.29) is 39.0 Å². The number of rotatable bonds is 8. The van der Waals surface area contributed by atoms with Crippen molar-refractivity contribution in [3.63, 3.8) is 0 Å². The van der Waals surface area contributed by atoms with Crippen molar-refractivity contribution >= 4 is 38.7 Å². The summed E-state index contributed by atoms with van der Waals surface area (Å²) in [7, 11) is -2.99. The lowest BCUT2D eigenvalue weighted by Gasteiger charge is -2.12. The van der Waals surface area contributed by atoms with Gasteiger partial charge in [0.25, 0.3) is 27.3 Å². The van der Waals surface area contributed by atoms with Gasteiger partial charge in [-0.1, -0.05) is 12.1 Å². The molecular weight excluding hydrogens is 468 g/mol. The molecular formula is C21H18N4O8S. The van der Waals surface area contributed by atoms with Gasteiger partial charge in [0.05, 0.1) is 27.5 Å². The largest absolute Gasteiger partial charge is 0.495 e. The van der Waals surface area contributed by atoms with Crippen molar-refractivity contribution < 1.29 is 27.8 Å². The van der Waals surface area contributed by atoms with E-state index in [0.717, 1.165) is 18.2 Å². The van der Waals surface area contributed by atoms with Gasteiger partial charge in [-0.3, -0.25) is 29.7 Å². The van der Waals surface area contributed by atoms with Crippen molar-refractivity contribution in [3.05, 3.63) is 92.0 Å². The number of anilines is 2. The number of nitrogens with one attached hydrogen (secondary N) is 2. The van der Waals surface area contributed by atoms with Crippen LogP contribution in [-0.4, -0.2) is 31.3 Å². The minimum absolute atomic E-state index is 0.0305. The summed E-state index contributed by atoms with van der Waals surface area (Å²) in [6, 6.07) is 12.6. The summed E-state index contributed by atoms with van der Waals surface area (Å²) in [5, 5.41) is 24.6. The van der Waals surface area contributed by atoms with Crippen molar-refractivity contribution in [1.29, 1.82) is 0 Å². The molecule has 0 aliphatic carbocycles. The molecule has 0 saturated heterocycles. The quantitative estimate of drug-likeness (QED) is 0.357. The van der Waals surface area contributed by atoms with E-state index in [1.54, 1.807) is 6.92 Å². The number of aryl methyl sites for hydroxylation is 1. The molecule has 0 radical (unpaired) electrons. The second kappa shape index (κ2) is 9.54. The number of nitrogens with zero attached hydrogens (tertiary/aromatic N) is 2. The zero-order valence-corrected chi connectivity index (χ0v) is 18.7. The molecule has 0 heterocycles. The Balaban J connectivity index is 1.88. The fourth-order valence-corrected chi connectivity index (χ4v) is 4.09. The first-order chi connectivity index (χ1) is 16.0. The fourth-order valence-electron chi connectivity index (χ4n) is 2.98. The van der Waals surface area contributed by atoms with Crippen LogP contribution in [0.3, 0.4) is 0 Å². The lowest BCUT2D eigenvalue weighted by atomic mass is 10.1. The Morgan fingerprint density at radius 1 is 0.971 bits per heavy atom. The highest BCUT2D eigenvalue weighted by atomic mass is 32.2. The second-order valence-corrected chi connectivity index (χ2v) is 8.67. The first kappa shape index (κ1) is 24.1. The minimum atomic E-state index is -4.26. The number of sulfonamides is 1.